The molecule has 0 N–H and O–H groups in total. The minimum atomic E-state index is -4.16. The van der Waals surface area contributed by atoms with Crippen LogP contribution in [0, 0.1) is 5.92 Å². The number of hydrogen-bond donors (Lipinski definition) is 0. The summed E-state index contributed by atoms with van der Waals surface area (Å²) >= 11 is 0. The van der Waals surface area contributed by atoms with E-state index in [0.29, 0.717) is 19.4 Å². The monoisotopic (exact) mass is 251 g/mol. The first-order valence-corrected chi connectivity index (χ1v) is 6.13. The molecule has 0 saturated heterocycles. The predicted molar refractivity (Wildman–Crippen MR) is 59.7 cm³/mol. The first-order valence-electron chi connectivity index (χ1n) is 6.13. The highest BCUT2D eigenvalue weighted by Crippen LogP contribution is 2.25. The topological polar surface area (TPSA) is 20.3 Å². The molecule has 5 heteroatoms. The fourth-order valence-electron chi connectivity index (χ4n) is 2.26. The molecule has 0 bridgehead atoms. The van der Waals surface area contributed by atoms with Gasteiger partial charge in [-0.2, -0.15) is 13.2 Å². The molecular formula is C12H20F3NO. The van der Waals surface area contributed by atoms with Gasteiger partial charge in [-0.3, -0.25) is 9.69 Å². The number of carbonyl (C=O) groups excluding carboxylic acids is 1. The zero-order valence-corrected chi connectivity index (χ0v) is 10.4. The number of halogens is 3. The lowest BCUT2D eigenvalue weighted by molar-refractivity contribution is -0.150. The quantitative estimate of drug-likeness (QED) is 0.748. The minimum Gasteiger partial charge on any atom is -0.299 e. The molecule has 17 heavy (non-hydrogen) atoms. The lowest BCUT2D eigenvalue weighted by Crippen LogP contribution is -2.40. The Kier molecular flexibility index (Phi) is 4.98. The van der Waals surface area contributed by atoms with Crippen molar-refractivity contribution in [1.82, 2.24) is 4.90 Å². The average molecular weight is 251 g/mol. The second kappa shape index (κ2) is 5.85. The maximum absolute atomic E-state index is 12.3. The van der Waals surface area contributed by atoms with Crippen LogP contribution in [0.15, 0.2) is 0 Å². The largest absolute Gasteiger partial charge is 0.401 e. The Morgan fingerprint density at radius 3 is 2.47 bits per heavy atom. The third-order valence-electron chi connectivity index (χ3n) is 3.31. The van der Waals surface area contributed by atoms with Crippen molar-refractivity contribution >= 4 is 5.78 Å². The van der Waals surface area contributed by atoms with Crippen LogP contribution < -0.4 is 0 Å². The van der Waals surface area contributed by atoms with E-state index < -0.39 is 12.7 Å². The molecule has 1 atom stereocenters. The van der Waals surface area contributed by atoms with E-state index in [0.717, 1.165) is 12.8 Å². The number of rotatable bonds is 5. The summed E-state index contributed by atoms with van der Waals surface area (Å²) in [6.07, 6.45) is -1.26. The number of carbonyl (C=O) groups is 1. The van der Waals surface area contributed by atoms with Crippen LogP contribution in [0.3, 0.4) is 0 Å². The Balaban J connectivity index is 2.42. The maximum Gasteiger partial charge on any atom is 0.401 e. The van der Waals surface area contributed by atoms with E-state index in [1.54, 1.807) is 13.8 Å². The zero-order chi connectivity index (χ0) is 13.1. The average Bonchev–Trinajstić information content (AvgIpc) is 2.56. The summed E-state index contributed by atoms with van der Waals surface area (Å²) in [6, 6.07) is -0.145. The summed E-state index contributed by atoms with van der Waals surface area (Å²) in [4.78, 5) is 12.8. The van der Waals surface area contributed by atoms with E-state index in [4.69, 9.17) is 0 Å². The molecular weight excluding hydrogens is 231 g/mol. The van der Waals surface area contributed by atoms with Crippen molar-refractivity contribution < 1.29 is 18.0 Å². The van der Waals surface area contributed by atoms with Crippen molar-refractivity contribution in [1.29, 1.82) is 0 Å². The van der Waals surface area contributed by atoms with Gasteiger partial charge in [0.15, 0.2) is 0 Å². The first kappa shape index (κ1) is 14.5. The highest BCUT2D eigenvalue weighted by molar-refractivity contribution is 5.82. The van der Waals surface area contributed by atoms with E-state index >= 15 is 0 Å². The molecule has 1 rings (SSSR count). The molecule has 1 fully saturated rings. The Labute approximate surface area is 100 Å². The van der Waals surface area contributed by atoms with Crippen LogP contribution >= 0.6 is 0 Å². The molecule has 0 aromatic rings. The molecule has 0 heterocycles. The van der Waals surface area contributed by atoms with Gasteiger partial charge in [0.2, 0.25) is 0 Å². The third-order valence-corrected chi connectivity index (χ3v) is 3.31. The van der Waals surface area contributed by atoms with Gasteiger partial charge in [-0.1, -0.05) is 0 Å². The molecule has 0 amide bonds. The molecule has 0 aliphatic heterocycles. The van der Waals surface area contributed by atoms with Crippen LogP contribution in [0.4, 0.5) is 13.2 Å². The second-order valence-electron chi connectivity index (χ2n) is 5.02. The lowest BCUT2D eigenvalue weighted by Gasteiger charge is -2.28. The van der Waals surface area contributed by atoms with Crippen molar-refractivity contribution in [3.05, 3.63) is 0 Å². The van der Waals surface area contributed by atoms with E-state index in [-0.39, 0.29) is 17.7 Å². The highest BCUT2D eigenvalue weighted by atomic mass is 19.4. The van der Waals surface area contributed by atoms with E-state index in [1.165, 1.54) is 4.90 Å². The van der Waals surface area contributed by atoms with E-state index in [2.05, 4.69) is 0 Å². The highest BCUT2D eigenvalue weighted by Gasteiger charge is 2.32. The Morgan fingerprint density at radius 1 is 1.41 bits per heavy atom. The van der Waals surface area contributed by atoms with Crippen LogP contribution in [-0.2, 0) is 4.79 Å². The standard InChI is InChI=1S/C12H20F3NO/c1-9(2)16(8-12(13,14)15)7-6-10-4-3-5-11(10)17/h9-10H,3-8H2,1-2H3. The minimum absolute atomic E-state index is 0.00974. The van der Waals surface area contributed by atoms with Gasteiger partial charge in [0.1, 0.15) is 5.78 Å². The smallest absolute Gasteiger partial charge is 0.299 e. The molecule has 1 unspecified atom stereocenters. The van der Waals surface area contributed by atoms with Gasteiger partial charge in [-0.05, 0) is 39.7 Å². The van der Waals surface area contributed by atoms with Crippen molar-refractivity contribution in [2.75, 3.05) is 13.1 Å². The number of alkyl halides is 3. The second-order valence-corrected chi connectivity index (χ2v) is 5.02. The van der Waals surface area contributed by atoms with Crippen LogP contribution in [0.5, 0.6) is 0 Å². The first-order chi connectivity index (χ1) is 7.79. The Hall–Kier alpha value is -0.580. The van der Waals surface area contributed by atoms with Crippen molar-refractivity contribution in [2.24, 2.45) is 5.92 Å². The van der Waals surface area contributed by atoms with Crippen molar-refractivity contribution in [3.8, 4) is 0 Å². The predicted octanol–water partition coefficient (Wildman–Crippen LogP) is 3.02. The van der Waals surface area contributed by atoms with Gasteiger partial charge in [0.25, 0.3) is 0 Å². The summed E-state index contributed by atoms with van der Waals surface area (Å²) in [6.45, 7) is 2.98. The summed E-state index contributed by atoms with van der Waals surface area (Å²) in [7, 11) is 0. The van der Waals surface area contributed by atoms with Gasteiger partial charge in [0.05, 0.1) is 6.54 Å². The Morgan fingerprint density at radius 2 is 2.06 bits per heavy atom. The van der Waals surface area contributed by atoms with Crippen LogP contribution in [0.1, 0.15) is 39.5 Å². The summed E-state index contributed by atoms with van der Waals surface area (Å²) in [5, 5.41) is 0. The maximum atomic E-state index is 12.3. The fraction of sp³-hybridized carbons (Fsp3) is 0.917. The molecule has 1 saturated carbocycles. The molecule has 100 valence electrons. The molecule has 1 aliphatic carbocycles. The Bertz CT molecular complexity index is 263. The molecule has 0 spiro atoms. The van der Waals surface area contributed by atoms with Crippen molar-refractivity contribution in [3.63, 3.8) is 0 Å². The van der Waals surface area contributed by atoms with Crippen LogP contribution in [0.25, 0.3) is 0 Å². The molecule has 0 aromatic heterocycles. The van der Waals surface area contributed by atoms with Crippen LogP contribution in [-0.4, -0.2) is 36.0 Å². The molecule has 2 nitrogen and oxygen atoms in total. The van der Waals surface area contributed by atoms with Gasteiger partial charge in [-0.15, -0.1) is 0 Å². The molecule has 0 radical (unpaired) electrons. The van der Waals surface area contributed by atoms with Crippen molar-refractivity contribution in [2.45, 2.75) is 51.7 Å². The van der Waals surface area contributed by atoms with Gasteiger partial charge < -0.3 is 0 Å². The van der Waals surface area contributed by atoms with Gasteiger partial charge in [0, 0.05) is 18.4 Å². The van der Waals surface area contributed by atoms with Gasteiger partial charge in [-0.25, -0.2) is 0 Å². The lowest BCUT2D eigenvalue weighted by atomic mass is 10.0. The SMILES string of the molecule is CC(C)N(CCC1CCCC1=O)CC(F)(F)F. The number of nitrogens with zero attached hydrogens (tertiary/aromatic N) is 1. The fourth-order valence-corrected chi connectivity index (χ4v) is 2.26. The number of ketones is 1. The normalized spacial score (nSPS) is 21.8. The van der Waals surface area contributed by atoms with Gasteiger partial charge >= 0.3 is 6.18 Å². The van der Waals surface area contributed by atoms with Crippen LogP contribution in [0.2, 0.25) is 0 Å². The molecule has 0 aromatic carbocycles. The van der Waals surface area contributed by atoms with E-state index in [1.807, 2.05) is 0 Å². The zero-order valence-electron chi connectivity index (χ0n) is 10.4. The summed E-state index contributed by atoms with van der Waals surface area (Å²) in [5.41, 5.74) is 0. The molecule has 1 aliphatic rings. The summed E-state index contributed by atoms with van der Waals surface area (Å²) in [5.74, 6) is 0.213. The van der Waals surface area contributed by atoms with E-state index in [9.17, 15) is 18.0 Å². The number of Topliss-reactive ketones (excluding diaryl/α,β-unsaturated/α-hetero) is 1. The third kappa shape index (κ3) is 5.06. The summed E-state index contributed by atoms with van der Waals surface area (Å²) < 4.78 is 37.0. The number of hydrogen-bond acceptors (Lipinski definition) is 2.